The number of rotatable bonds is 4. The monoisotopic (exact) mass is 242 g/mol. The third-order valence-corrected chi connectivity index (χ3v) is 2.52. The van der Waals surface area contributed by atoms with Gasteiger partial charge in [-0.15, -0.1) is 0 Å². The van der Waals surface area contributed by atoms with Crippen molar-refractivity contribution in [3.8, 4) is 0 Å². The van der Waals surface area contributed by atoms with Crippen LogP contribution in [0.1, 0.15) is 15.9 Å². The van der Waals surface area contributed by atoms with E-state index in [9.17, 15) is 4.79 Å². The second kappa shape index (κ2) is 5.93. The fourth-order valence-electron chi connectivity index (χ4n) is 1.60. The van der Waals surface area contributed by atoms with Gasteiger partial charge in [0.1, 0.15) is 0 Å². The SMILES string of the molecule is CON(Cc1ccccc1)C(=O)c1cccnc1. The Morgan fingerprint density at radius 2 is 2.00 bits per heavy atom. The first-order chi connectivity index (χ1) is 8.81. The van der Waals surface area contributed by atoms with Gasteiger partial charge in [0.05, 0.1) is 19.2 Å². The summed E-state index contributed by atoms with van der Waals surface area (Å²) in [5.41, 5.74) is 1.52. The lowest BCUT2D eigenvalue weighted by Crippen LogP contribution is -2.29. The molecule has 0 aliphatic carbocycles. The van der Waals surface area contributed by atoms with Gasteiger partial charge in [-0.05, 0) is 17.7 Å². The highest BCUT2D eigenvalue weighted by Gasteiger charge is 2.15. The molecule has 0 atom stereocenters. The molecular formula is C14H14N2O2. The number of pyridine rings is 1. The van der Waals surface area contributed by atoms with Crippen molar-refractivity contribution in [3.05, 3.63) is 66.0 Å². The molecule has 0 aliphatic heterocycles. The van der Waals surface area contributed by atoms with Gasteiger partial charge in [0, 0.05) is 12.4 Å². The van der Waals surface area contributed by atoms with Crippen molar-refractivity contribution in [2.24, 2.45) is 0 Å². The predicted octanol–water partition coefficient (Wildman–Crippen LogP) is 2.29. The summed E-state index contributed by atoms with van der Waals surface area (Å²) < 4.78 is 0. The molecule has 0 N–H and O–H groups in total. The summed E-state index contributed by atoms with van der Waals surface area (Å²) in [6.45, 7) is 0.408. The maximum atomic E-state index is 12.1. The van der Waals surface area contributed by atoms with E-state index < -0.39 is 0 Å². The Labute approximate surface area is 106 Å². The minimum atomic E-state index is -0.200. The Bertz CT molecular complexity index is 500. The van der Waals surface area contributed by atoms with E-state index in [2.05, 4.69) is 4.98 Å². The normalized spacial score (nSPS) is 10.1. The molecule has 2 rings (SSSR count). The number of carbonyl (C=O) groups excluding carboxylic acids is 1. The largest absolute Gasteiger partial charge is 0.279 e. The molecule has 0 bridgehead atoms. The third kappa shape index (κ3) is 2.93. The highest BCUT2D eigenvalue weighted by atomic mass is 16.7. The van der Waals surface area contributed by atoms with Crippen molar-refractivity contribution in [1.29, 1.82) is 0 Å². The first-order valence-corrected chi connectivity index (χ1v) is 5.61. The highest BCUT2D eigenvalue weighted by Crippen LogP contribution is 2.09. The summed E-state index contributed by atoms with van der Waals surface area (Å²) in [4.78, 5) is 21.2. The van der Waals surface area contributed by atoms with E-state index in [0.717, 1.165) is 5.56 Å². The van der Waals surface area contributed by atoms with Gasteiger partial charge >= 0.3 is 0 Å². The summed E-state index contributed by atoms with van der Waals surface area (Å²) >= 11 is 0. The minimum Gasteiger partial charge on any atom is -0.274 e. The van der Waals surface area contributed by atoms with Gasteiger partial charge in [-0.3, -0.25) is 14.6 Å². The number of hydrogen-bond donors (Lipinski definition) is 0. The van der Waals surface area contributed by atoms with Crippen LogP contribution in [0, 0.1) is 0 Å². The van der Waals surface area contributed by atoms with E-state index in [-0.39, 0.29) is 5.91 Å². The molecule has 0 saturated carbocycles. The summed E-state index contributed by atoms with van der Waals surface area (Å²) in [6.07, 6.45) is 3.16. The topological polar surface area (TPSA) is 42.4 Å². The zero-order chi connectivity index (χ0) is 12.8. The van der Waals surface area contributed by atoms with Crippen molar-refractivity contribution < 1.29 is 9.63 Å². The number of benzene rings is 1. The molecular weight excluding hydrogens is 228 g/mol. The second-order valence-corrected chi connectivity index (χ2v) is 3.75. The van der Waals surface area contributed by atoms with Crippen LogP contribution in [-0.2, 0) is 11.4 Å². The minimum absolute atomic E-state index is 0.200. The van der Waals surface area contributed by atoms with Crippen LogP contribution in [-0.4, -0.2) is 23.1 Å². The first-order valence-electron chi connectivity index (χ1n) is 5.61. The molecule has 0 unspecified atom stereocenters. The molecule has 92 valence electrons. The number of hydrogen-bond acceptors (Lipinski definition) is 3. The second-order valence-electron chi connectivity index (χ2n) is 3.75. The van der Waals surface area contributed by atoms with Crippen molar-refractivity contribution in [2.45, 2.75) is 6.54 Å². The Balaban J connectivity index is 2.12. The highest BCUT2D eigenvalue weighted by molar-refractivity contribution is 5.93. The van der Waals surface area contributed by atoms with Crippen molar-refractivity contribution in [2.75, 3.05) is 7.11 Å². The van der Waals surface area contributed by atoms with Crippen molar-refractivity contribution >= 4 is 5.91 Å². The molecule has 1 heterocycles. The van der Waals surface area contributed by atoms with Crippen molar-refractivity contribution in [3.63, 3.8) is 0 Å². The summed E-state index contributed by atoms with van der Waals surface area (Å²) in [6, 6.07) is 13.1. The number of aromatic nitrogens is 1. The van der Waals surface area contributed by atoms with Gasteiger partial charge < -0.3 is 0 Å². The molecule has 2 aromatic rings. The summed E-state index contributed by atoms with van der Waals surface area (Å²) in [5, 5.41) is 1.31. The maximum Gasteiger partial charge on any atom is 0.279 e. The molecule has 4 heteroatoms. The Hall–Kier alpha value is -2.20. The Morgan fingerprint density at radius 1 is 1.22 bits per heavy atom. The first kappa shape index (κ1) is 12.3. The van der Waals surface area contributed by atoms with Crippen LogP contribution in [0.3, 0.4) is 0 Å². The predicted molar refractivity (Wildman–Crippen MR) is 67.6 cm³/mol. The maximum absolute atomic E-state index is 12.1. The van der Waals surface area contributed by atoms with Crippen LogP contribution >= 0.6 is 0 Å². The van der Waals surface area contributed by atoms with E-state index >= 15 is 0 Å². The fourth-order valence-corrected chi connectivity index (χ4v) is 1.60. The van der Waals surface area contributed by atoms with Gasteiger partial charge in [0.25, 0.3) is 5.91 Å². The van der Waals surface area contributed by atoms with Crippen molar-refractivity contribution in [1.82, 2.24) is 10.0 Å². The smallest absolute Gasteiger partial charge is 0.274 e. The molecule has 1 aromatic heterocycles. The molecule has 0 spiro atoms. The lowest BCUT2D eigenvalue weighted by atomic mass is 10.2. The van der Waals surface area contributed by atoms with Crippen LogP contribution < -0.4 is 0 Å². The van der Waals surface area contributed by atoms with Gasteiger partial charge in [-0.25, -0.2) is 5.06 Å². The Kier molecular flexibility index (Phi) is 4.04. The summed E-state index contributed by atoms with van der Waals surface area (Å²) in [7, 11) is 1.48. The summed E-state index contributed by atoms with van der Waals surface area (Å²) in [5.74, 6) is -0.200. The molecule has 4 nitrogen and oxygen atoms in total. The average Bonchev–Trinajstić information content (AvgIpc) is 2.46. The number of hydroxylamine groups is 2. The quantitative estimate of drug-likeness (QED) is 0.772. The fraction of sp³-hybridized carbons (Fsp3) is 0.143. The zero-order valence-electron chi connectivity index (χ0n) is 10.1. The van der Waals surface area contributed by atoms with Crippen LogP contribution in [0.4, 0.5) is 0 Å². The zero-order valence-corrected chi connectivity index (χ0v) is 10.1. The molecule has 0 aliphatic rings. The average molecular weight is 242 g/mol. The van der Waals surface area contributed by atoms with Gasteiger partial charge in [-0.2, -0.15) is 0 Å². The molecule has 18 heavy (non-hydrogen) atoms. The molecule has 0 fully saturated rings. The lowest BCUT2D eigenvalue weighted by Gasteiger charge is -2.19. The third-order valence-electron chi connectivity index (χ3n) is 2.52. The van der Waals surface area contributed by atoms with Gasteiger partial charge in [0.15, 0.2) is 0 Å². The molecule has 1 amide bonds. The van der Waals surface area contributed by atoms with Gasteiger partial charge in [-0.1, -0.05) is 30.3 Å². The lowest BCUT2D eigenvalue weighted by molar-refractivity contribution is -0.102. The van der Waals surface area contributed by atoms with E-state index in [1.165, 1.54) is 18.4 Å². The van der Waals surface area contributed by atoms with Crippen LogP contribution in [0.2, 0.25) is 0 Å². The van der Waals surface area contributed by atoms with Gasteiger partial charge in [0.2, 0.25) is 0 Å². The number of carbonyl (C=O) groups is 1. The molecule has 1 aromatic carbocycles. The van der Waals surface area contributed by atoms with E-state index in [4.69, 9.17) is 4.84 Å². The molecule has 0 radical (unpaired) electrons. The number of amides is 1. The van der Waals surface area contributed by atoms with Crippen LogP contribution in [0.5, 0.6) is 0 Å². The van der Waals surface area contributed by atoms with E-state index in [1.54, 1.807) is 18.3 Å². The van der Waals surface area contributed by atoms with E-state index in [0.29, 0.717) is 12.1 Å². The van der Waals surface area contributed by atoms with Crippen LogP contribution in [0.15, 0.2) is 54.9 Å². The number of nitrogens with zero attached hydrogens (tertiary/aromatic N) is 2. The van der Waals surface area contributed by atoms with Crippen LogP contribution in [0.25, 0.3) is 0 Å². The Morgan fingerprint density at radius 3 is 2.61 bits per heavy atom. The molecule has 0 saturated heterocycles. The standard InChI is InChI=1S/C14H14N2O2/c1-18-16(11-12-6-3-2-4-7-12)14(17)13-8-5-9-15-10-13/h2-10H,11H2,1H3. The van der Waals surface area contributed by atoms with E-state index in [1.807, 2.05) is 30.3 Å².